The summed E-state index contributed by atoms with van der Waals surface area (Å²) in [5, 5.41) is 0. The molecule has 1 aromatic carbocycles. The van der Waals surface area contributed by atoms with Crippen molar-refractivity contribution in [2.45, 2.75) is 71.7 Å². The number of methoxy groups -OCH3 is 2. The monoisotopic (exact) mass is 408 g/mol. The molecule has 0 unspecified atom stereocenters. The highest BCUT2D eigenvalue weighted by atomic mass is 28.4. The maximum atomic E-state index is 6.69. The lowest BCUT2D eigenvalue weighted by Gasteiger charge is -2.42. The fourth-order valence-electron chi connectivity index (χ4n) is 4.18. The third-order valence-electron chi connectivity index (χ3n) is 5.59. The van der Waals surface area contributed by atoms with Crippen LogP contribution in [0.25, 0.3) is 0 Å². The van der Waals surface area contributed by atoms with Crippen LogP contribution in [0.1, 0.15) is 54.0 Å². The summed E-state index contributed by atoms with van der Waals surface area (Å²) in [6, 6.07) is 5.81. The first-order chi connectivity index (χ1) is 13.2. The summed E-state index contributed by atoms with van der Waals surface area (Å²) >= 11 is 0. The summed E-state index contributed by atoms with van der Waals surface area (Å²) < 4.78 is 23.3. The number of hydrogen-bond acceptors (Lipinski definition) is 4. The lowest BCUT2D eigenvalue weighted by Crippen LogP contribution is -2.48. The fraction of sp³-hybridized carbons (Fsp3) is 0.652. The van der Waals surface area contributed by atoms with E-state index in [0.29, 0.717) is 36.4 Å². The summed E-state index contributed by atoms with van der Waals surface area (Å²) in [4.78, 5) is 0. The average Bonchev–Trinajstić information content (AvgIpc) is 2.65. The lowest BCUT2D eigenvalue weighted by atomic mass is 10.2. The van der Waals surface area contributed by atoms with Crippen LogP contribution in [0.15, 0.2) is 29.8 Å². The van der Waals surface area contributed by atoms with Gasteiger partial charge in [0.1, 0.15) is 11.5 Å². The van der Waals surface area contributed by atoms with Crippen LogP contribution < -0.4 is 9.47 Å². The summed E-state index contributed by atoms with van der Waals surface area (Å²) in [6.07, 6.45) is 2.12. The van der Waals surface area contributed by atoms with Crippen LogP contribution in [0.4, 0.5) is 0 Å². The Kier molecular flexibility index (Phi) is 10.3. The van der Waals surface area contributed by atoms with Gasteiger partial charge in [0.05, 0.1) is 34.0 Å². The highest BCUT2D eigenvalue weighted by Gasteiger charge is 2.45. The van der Waals surface area contributed by atoms with Crippen molar-refractivity contribution < 1.29 is 18.6 Å². The molecule has 4 nitrogen and oxygen atoms in total. The van der Waals surface area contributed by atoms with E-state index in [-0.39, 0.29) is 0 Å². The zero-order valence-corrected chi connectivity index (χ0v) is 20.3. The Morgan fingerprint density at radius 2 is 1.36 bits per heavy atom. The molecule has 0 aliphatic carbocycles. The Labute approximate surface area is 173 Å². The van der Waals surface area contributed by atoms with Crippen LogP contribution in [0.2, 0.25) is 16.6 Å². The van der Waals surface area contributed by atoms with E-state index < -0.39 is 8.32 Å². The molecule has 0 spiro atoms. The average molecular weight is 409 g/mol. The van der Waals surface area contributed by atoms with Crippen LogP contribution in [0.5, 0.6) is 11.5 Å². The summed E-state index contributed by atoms with van der Waals surface area (Å²) in [7, 11) is 1.45. The molecule has 0 saturated heterocycles. The standard InChI is InChI=1S/C23H40O4Si/c1-10-20(16-27-28(17(2)3,18(4)5)19(6)7)14-26-15-21-11-22(24-8)13-23(12-21)25-9/h10-13,17-19H,14-16H2,1-9H3/b20-10-. The quantitative estimate of drug-likeness (QED) is 0.298. The molecule has 0 bridgehead atoms. The first-order valence-corrected chi connectivity index (χ1v) is 12.4. The van der Waals surface area contributed by atoms with E-state index in [1.807, 2.05) is 18.2 Å². The largest absolute Gasteiger partial charge is 0.497 e. The van der Waals surface area contributed by atoms with Crippen molar-refractivity contribution in [2.75, 3.05) is 27.4 Å². The van der Waals surface area contributed by atoms with Crippen molar-refractivity contribution in [3.05, 3.63) is 35.4 Å². The minimum Gasteiger partial charge on any atom is -0.497 e. The molecule has 28 heavy (non-hydrogen) atoms. The van der Waals surface area contributed by atoms with Crippen LogP contribution in [0, 0.1) is 0 Å². The number of hydrogen-bond donors (Lipinski definition) is 0. The van der Waals surface area contributed by atoms with Gasteiger partial charge in [-0.3, -0.25) is 0 Å². The second-order valence-corrected chi connectivity index (χ2v) is 13.7. The molecule has 0 aliphatic heterocycles. The van der Waals surface area contributed by atoms with E-state index in [1.54, 1.807) is 14.2 Å². The van der Waals surface area contributed by atoms with Gasteiger partial charge in [-0.25, -0.2) is 0 Å². The Morgan fingerprint density at radius 1 is 0.857 bits per heavy atom. The molecule has 0 heterocycles. The molecule has 0 fully saturated rings. The van der Waals surface area contributed by atoms with Gasteiger partial charge < -0.3 is 18.6 Å². The first kappa shape index (κ1) is 24.7. The van der Waals surface area contributed by atoms with E-state index in [2.05, 4.69) is 54.5 Å². The molecule has 0 radical (unpaired) electrons. The molecular weight excluding hydrogens is 368 g/mol. The highest BCUT2D eigenvalue weighted by molar-refractivity contribution is 6.77. The second kappa shape index (κ2) is 11.6. The number of rotatable bonds is 12. The number of allylic oxidation sites excluding steroid dienone is 1. The summed E-state index contributed by atoms with van der Waals surface area (Å²) in [6.45, 7) is 17.7. The van der Waals surface area contributed by atoms with E-state index in [9.17, 15) is 0 Å². The zero-order valence-electron chi connectivity index (χ0n) is 19.3. The normalized spacial score (nSPS) is 12.9. The Hall–Kier alpha value is -1.30. The van der Waals surface area contributed by atoms with Crippen LogP contribution in [-0.4, -0.2) is 35.8 Å². The SMILES string of the molecule is C/C=C(/COCc1cc(OC)cc(OC)c1)CO[Si](C(C)C)(C(C)C)C(C)C. The van der Waals surface area contributed by atoms with Gasteiger partial charge in [0, 0.05) is 6.07 Å². The smallest absolute Gasteiger partial charge is 0.200 e. The minimum absolute atomic E-state index is 0.506. The van der Waals surface area contributed by atoms with Gasteiger partial charge in [-0.15, -0.1) is 0 Å². The second-order valence-electron chi connectivity index (χ2n) is 8.27. The molecule has 0 atom stereocenters. The van der Waals surface area contributed by atoms with Crippen molar-refractivity contribution in [3.63, 3.8) is 0 Å². The third kappa shape index (κ3) is 6.36. The van der Waals surface area contributed by atoms with Gasteiger partial charge in [0.15, 0.2) is 0 Å². The molecule has 5 heteroatoms. The van der Waals surface area contributed by atoms with Crippen LogP contribution >= 0.6 is 0 Å². The molecule has 0 aliphatic rings. The summed E-state index contributed by atoms with van der Waals surface area (Å²) in [5.41, 5.74) is 3.96. The topological polar surface area (TPSA) is 36.9 Å². The van der Waals surface area contributed by atoms with E-state index in [4.69, 9.17) is 18.6 Å². The van der Waals surface area contributed by atoms with Crippen molar-refractivity contribution in [3.8, 4) is 11.5 Å². The molecule has 0 aromatic heterocycles. The molecule has 160 valence electrons. The van der Waals surface area contributed by atoms with E-state index >= 15 is 0 Å². The number of ether oxygens (including phenoxy) is 3. The lowest BCUT2D eigenvalue weighted by molar-refractivity contribution is 0.133. The number of benzene rings is 1. The van der Waals surface area contributed by atoms with Crippen LogP contribution in [-0.2, 0) is 15.8 Å². The minimum atomic E-state index is -1.86. The fourth-order valence-corrected chi connectivity index (χ4v) is 9.61. The van der Waals surface area contributed by atoms with Crippen LogP contribution in [0.3, 0.4) is 0 Å². The molecule has 1 rings (SSSR count). The Balaban J connectivity index is 2.71. The molecular formula is C23H40O4Si. The van der Waals surface area contributed by atoms with Crippen molar-refractivity contribution >= 4 is 8.32 Å². The van der Waals surface area contributed by atoms with E-state index in [1.165, 1.54) is 5.57 Å². The maximum Gasteiger partial charge on any atom is 0.200 e. The van der Waals surface area contributed by atoms with Gasteiger partial charge in [-0.1, -0.05) is 47.6 Å². The molecule has 1 aromatic rings. The Morgan fingerprint density at radius 3 is 1.75 bits per heavy atom. The van der Waals surface area contributed by atoms with Gasteiger partial charge in [-0.05, 0) is 46.8 Å². The van der Waals surface area contributed by atoms with Gasteiger partial charge in [-0.2, -0.15) is 0 Å². The molecule has 0 amide bonds. The zero-order chi connectivity index (χ0) is 21.3. The van der Waals surface area contributed by atoms with Crippen molar-refractivity contribution in [1.29, 1.82) is 0 Å². The van der Waals surface area contributed by atoms with E-state index in [0.717, 1.165) is 17.1 Å². The molecule has 0 N–H and O–H groups in total. The maximum absolute atomic E-state index is 6.69. The summed E-state index contributed by atoms with van der Waals surface area (Å²) in [5.74, 6) is 1.54. The predicted octanol–water partition coefficient (Wildman–Crippen LogP) is 6.36. The van der Waals surface area contributed by atoms with Crippen molar-refractivity contribution in [2.24, 2.45) is 0 Å². The van der Waals surface area contributed by atoms with Gasteiger partial charge in [0.25, 0.3) is 0 Å². The van der Waals surface area contributed by atoms with Crippen molar-refractivity contribution in [1.82, 2.24) is 0 Å². The molecule has 0 saturated carbocycles. The highest BCUT2D eigenvalue weighted by Crippen LogP contribution is 2.42. The third-order valence-corrected chi connectivity index (χ3v) is 11.6. The predicted molar refractivity (Wildman–Crippen MR) is 120 cm³/mol. The van der Waals surface area contributed by atoms with Gasteiger partial charge >= 0.3 is 0 Å². The Bertz CT molecular complexity index is 579. The van der Waals surface area contributed by atoms with Gasteiger partial charge in [0.2, 0.25) is 8.32 Å². The first-order valence-electron chi connectivity index (χ1n) is 10.3.